The molecule has 1 aromatic heterocycles. The van der Waals surface area contributed by atoms with Crippen LogP contribution in [-0.2, 0) is 25.6 Å². The first kappa shape index (κ1) is 27.8. The third-order valence-electron chi connectivity index (χ3n) is 5.60. The van der Waals surface area contributed by atoms with E-state index < -0.39 is 66.5 Å². The summed E-state index contributed by atoms with van der Waals surface area (Å²) in [7, 11) is 0. The third kappa shape index (κ3) is 7.25. The van der Waals surface area contributed by atoms with E-state index in [9.17, 15) is 34.5 Å². The summed E-state index contributed by atoms with van der Waals surface area (Å²) in [6.45, 7) is 3.81. The van der Waals surface area contributed by atoms with Crippen LogP contribution in [0.2, 0.25) is 0 Å². The molecule has 3 amide bonds. The highest BCUT2D eigenvalue weighted by Gasteiger charge is 2.32. The second-order valence-electron chi connectivity index (χ2n) is 8.70. The van der Waals surface area contributed by atoms with Gasteiger partial charge in [-0.2, -0.15) is 0 Å². The first-order valence-corrected chi connectivity index (χ1v) is 11.2. The van der Waals surface area contributed by atoms with Gasteiger partial charge in [0.15, 0.2) is 0 Å². The topological polar surface area (TPSA) is 207 Å². The number of nitrogens with two attached hydrogens (primary N) is 1. The minimum Gasteiger partial charge on any atom is -0.480 e. The summed E-state index contributed by atoms with van der Waals surface area (Å²) >= 11 is 0. The van der Waals surface area contributed by atoms with Crippen molar-refractivity contribution in [2.45, 2.75) is 57.5 Å². The average Bonchev–Trinajstić information content (AvgIpc) is 3.21. The van der Waals surface area contributed by atoms with Gasteiger partial charge in [-0.3, -0.25) is 14.4 Å². The van der Waals surface area contributed by atoms with Crippen molar-refractivity contribution < 1.29 is 34.5 Å². The number of carbonyl (C=O) groups excluding carboxylic acids is 3. The molecular weight excluding hydrogens is 458 g/mol. The second-order valence-corrected chi connectivity index (χ2v) is 8.70. The summed E-state index contributed by atoms with van der Waals surface area (Å²) in [6.07, 6.45) is 0.508. The summed E-state index contributed by atoms with van der Waals surface area (Å²) < 4.78 is 0. The molecule has 5 unspecified atom stereocenters. The zero-order valence-corrected chi connectivity index (χ0v) is 19.8. The van der Waals surface area contributed by atoms with Gasteiger partial charge in [-0.15, -0.1) is 0 Å². The number of carboxylic acid groups (broad SMARTS) is 1. The SMILES string of the molecule is CC(C)C(NC(=O)C(CO)NC(=O)C(N)C(C)O)C(=O)NC(Cc1c[nH]c2ccccc12)C(=O)O. The van der Waals surface area contributed by atoms with Crippen LogP contribution in [0.4, 0.5) is 0 Å². The quantitative estimate of drug-likeness (QED) is 0.177. The number of nitrogens with one attached hydrogen (secondary N) is 4. The van der Waals surface area contributed by atoms with Crippen molar-refractivity contribution in [3.8, 4) is 0 Å². The molecule has 0 aliphatic rings. The third-order valence-corrected chi connectivity index (χ3v) is 5.60. The Hall–Kier alpha value is -3.48. The van der Waals surface area contributed by atoms with E-state index in [2.05, 4.69) is 20.9 Å². The fraction of sp³-hybridized carbons (Fsp3) is 0.478. The van der Waals surface area contributed by atoms with Crippen molar-refractivity contribution >= 4 is 34.6 Å². The number of aromatic amines is 1. The maximum absolute atomic E-state index is 13.0. The second kappa shape index (κ2) is 12.3. The van der Waals surface area contributed by atoms with Crippen LogP contribution in [0.25, 0.3) is 10.9 Å². The molecule has 12 nitrogen and oxygen atoms in total. The number of carboxylic acids is 1. The van der Waals surface area contributed by atoms with Gasteiger partial charge in [-0.1, -0.05) is 32.0 Å². The molecule has 0 radical (unpaired) electrons. The van der Waals surface area contributed by atoms with Gasteiger partial charge in [0.25, 0.3) is 0 Å². The van der Waals surface area contributed by atoms with Crippen molar-refractivity contribution in [1.82, 2.24) is 20.9 Å². The molecule has 0 saturated carbocycles. The van der Waals surface area contributed by atoms with Gasteiger partial charge >= 0.3 is 5.97 Å². The number of hydrogen-bond donors (Lipinski definition) is 8. The van der Waals surface area contributed by atoms with Crippen LogP contribution < -0.4 is 21.7 Å². The maximum atomic E-state index is 13.0. The van der Waals surface area contributed by atoms with Gasteiger partial charge < -0.3 is 42.0 Å². The first-order chi connectivity index (χ1) is 16.5. The number of aliphatic hydroxyl groups is 2. The predicted molar refractivity (Wildman–Crippen MR) is 127 cm³/mol. The number of benzene rings is 1. The van der Waals surface area contributed by atoms with Gasteiger partial charge in [0.05, 0.1) is 12.7 Å². The number of H-pyrrole nitrogens is 1. The fourth-order valence-electron chi connectivity index (χ4n) is 3.45. The molecule has 5 atom stereocenters. The fourth-order valence-corrected chi connectivity index (χ4v) is 3.45. The van der Waals surface area contributed by atoms with E-state index in [1.807, 2.05) is 24.3 Å². The molecule has 0 spiro atoms. The monoisotopic (exact) mass is 491 g/mol. The van der Waals surface area contributed by atoms with E-state index in [1.165, 1.54) is 6.92 Å². The van der Waals surface area contributed by atoms with Crippen molar-refractivity contribution in [2.24, 2.45) is 11.7 Å². The minimum atomic E-state index is -1.43. The Morgan fingerprint density at radius 1 is 0.971 bits per heavy atom. The van der Waals surface area contributed by atoms with Gasteiger partial charge in [-0.05, 0) is 24.5 Å². The number of carbonyl (C=O) groups is 4. The average molecular weight is 492 g/mol. The van der Waals surface area contributed by atoms with Crippen LogP contribution >= 0.6 is 0 Å². The Morgan fingerprint density at radius 3 is 2.17 bits per heavy atom. The standard InChI is InChI=1S/C23H33N5O7/c1-11(2)19(28-20(31)17(10-29)27-21(32)18(24)12(3)30)22(33)26-16(23(34)35)8-13-9-25-15-7-5-4-6-14(13)15/h4-7,9,11-12,16-19,25,29-30H,8,10,24H2,1-3H3,(H,26,33)(H,27,32)(H,28,31)(H,34,35). The van der Waals surface area contributed by atoms with Gasteiger partial charge in [0, 0.05) is 23.5 Å². The lowest BCUT2D eigenvalue weighted by Gasteiger charge is -2.26. The van der Waals surface area contributed by atoms with E-state index in [1.54, 1.807) is 20.0 Å². The van der Waals surface area contributed by atoms with Gasteiger partial charge in [0.2, 0.25) is 17.7 Å². The molecule has 192 valence electrons. The summed E-state index contributed by atoms with van der Waals surface area (Å²) in [5, 5.41) is 36.6. The molecule has 1 heterocycles. The van der Waals surface area contributed by atoms with E-state index in [0.29, 0.717) is 5.56 Å². The highest BCUT2D eigenvalue weighted by atomic mass is 16.4. The Labute approximate surface area is 202 Å². The maximum Gasteiger partial charge on any atom is 0.326 e. The number of aliphatic hydroxyl groups excluding tert-OH is 2. The molecule has 12 heteroatoms. The normalized spacial score (nSPS) is 15.6. The van der Waals surface area contributed by atoms with Crippen molar-refractivity contribution in [2.75, 3.05) is 6.61 Å². The Bertz CT molecular complexity index is 1050. The summed E-state index contributed by atoms with van der Waals surface area (Å²) in [4.78, 5) is 52.6. The molecule has 2 rings (SSSR count). The smallest absolute Gasteiger partial charge is 0.326 e. The lowest BCUT2D eigenvalue weighted by molar-refractivity contribution is -0.142. The predicted octanol–water partition coefficient (Wildman–Crippen LogP) is -1.39. The summed E-state index contributed by atoms with van der Waals surface area (Å²) in [6, 6.07) is 2.19. The Balaban J connectivity index is 2.11. The molecular formula is C23H33N5O7. The molecule has 1 aromatic carbocycles. The molecule has 0 aliphatic carbocycles. The van der Waals surface area contributed by atoms with Crippen molar-refractivity contribution in [3.63, 3.8) is 0 Å². The van der Waals surface area contributed by atoms with E-state index in [0.717, 1.165) is 10.9 Å². The van der Waals surface area contributed by atoms with E-state index in [-0.39, 0.29) is 6.42 Å². The van der Waals surface area contributed by atoms with E-state index >= 15 is 0 Å². The van der Waals surface area contributed by atoms with Crippen molar-refractivity contribution in [3.05, 3.63) is 36.0 Å². The molecule has 0 aliphatic heterocycles. The number of aliphatic carboxylic acids is 1. The zero-order valence-electron chi connectivity index (χ0n) is 19.8. The number of para-hydroxylation sites is 1. The number of fused-ring (bicyclic) bond motifs is 1. The van der Waals surface area contributed by atoms with Gasteiger partial charge in [-0.25, -0.2) is 4.79 Å². The largest absolute Gasteiger partial charge is 0.480 e. The Kier molecular flexibility index (Phi) is 9.75. The zero-order chi connectivity index (χ0) is 26.3. The number of amides is 3. The summed E-state index contributed by atoms with van der Waals surface area (Å²) in [5.41, 5.74) is 7.07. The van der Waals surface area contributed by atoms with Gasteiger partial charge in [0.1, 0.15) is 24.2 Å². The lowest BCUT2D eigenvalue weighted by atomic mass is 10.0. The van der Waals surface area contributed by atoms with E-state index in [4.69, 9.17) is 5.73 Å². The van der Waals surface area contributed by atoms with Crippen LogP contribution in [0, 0.1) is 5.92 Å². The molecule has 0 saturated heterocycles. The van der Waals surface area contributed by atoms with Crippen LogP contribution in [0.3, 0.4) is 0 Å². The summed E-state index contributed by atoms with van der Waals surface area (Å²) in [5.74, 6) is -4.15. The molecule has 35 heavy (non-hydrogen) atoms. The number of aromatic nitrogens is 1. The minimum absolute atomic E-state index is 0.0103. The van der Waals surface area contributed by atoms with Crippen LogP contribution in [0.15, 0.2) is 30.5 Å². The highest BCUT2D eigenvalue weighted by molar-refractivity contribution is 5.94. The number of hydrogen-bond acceptors (Lipinski definition) is 7. The first-order valence-electron chi connectivity index (χ1n) is 11.2. The lowest BCUT2D eigenvalue weighted by Crippen LogP contribution is -2.60. The van der Waals surface area contributed by atoms with Crippen LogP contribution in [0.5, 0.6) is 0 Å². The Morgan fingerprint density at radius 2 is 1.60 bits per heavy atom. The highest BCUT2D eigenvalue weighted by Crippen LogP contribution is 2.19. The van der Waals surface area contributed by atoms with Crippen LogP contribution in [-0.4, -0.2) is 80.9 Å². The van der Waals surface area contributed by atoms with Crippen molar-refractivity contribution in [1.29, 1.82) is 0 Å². The molecule has 9 N–H and O–H groups in total. The molecule has 2 aromatic rings. The molecule has 0 fully saturated rings. The van der Waals surface area contributed by atoms with Crippen LogP contribution in [0.1, 0.15) is 26.3 Å². The molecule has 0 bridgehead atoms. The number of rotatable bonds is 12.